The van der Waals surface area contributed by atoms with E-state index >= 15 is 0 Å². The van der Waals surface area contributed by atoms with Gasteiger partial charge in [0, 0.05) is 0 Å². The van der Waals surface area contributed by atoms with Crippen LogP contribution in [-0.2, 0) is 66.3 Å². The van der Waals surface area contributed by atoms with E-state index in [-0.39, 0.29) is 46.2 Å². The number of rotatable bonds is 19. The standard InChI is InChI=1S/C44H46O9/c1-46-38-22-18-36(19-23-38)26-48-31-44(32-49-27-37-20-24-39(47-2)25-21-37)42(52-30-35-16-10-5-11-17-35)40(50-28-33-12-6-3-7-13-33)41(43(45)53-44)51-29-34-14-8-4-9-15-34/h3-25,40-42H,26-32H2,1-2H3. The Bertz CT molecular complexity index is 1750. The minimum absolute atomic E-state index is 0.0383. The van der Waals surface area contributed by atoms with Crippen LogP contribution in [0.4, 0.5) is 0 Å². The van der Waals surface area contributed by atoms with E-state index in [2.05, 4.69) is 0 Å². The number of methoxy groups -OCH3 is 2. The number of benzene rings is 5. The van der Waals surface area contributed by atoms with Crippen molar-refractivity contribution in [2.24, 2.45) is 0 Å². The van der Waals surface area contributed by atoms with Gasteiger partial charge >= 0.3 is 5.97 Å². The topological polar surface area (TPSA) is 90.9 Å². The number of carbonyl (C=O) groups excluding carboxylic acids is 1. The Morgan fingerprint density at radius 2 is 0.887 bits per heavy atom. The van der Waals surface area contributed by atoms with Crippen molar-refractivity contribution in [3.8, 4) is 11.5 Å². The van der Waals surface area contributed by atoms with Crippen molar-refractivity contribution in [2.75, 3.05) is 27.4 Å². The van der Waals surface area contributed by atoms with E-state index in [1.54, 1.807) is 14.2 Å². The molecule has 9 heteroatoms. The Labute approximate surface area is 311 Å². The molecule has 1 fully saturated rings. The van der Waals surface area contributed by atoms with Crippen LogP contribution in [0.25, 0.3) is 0 Å². The van der Waals surface area contributed by atoms with Crippen LogP contribution < -0.4 is 9.47 Å². The molecule has 53 heavy (non-hydrogen) atoms. The van der Waals surface area contributed by atoms with Crippen LogP contribution in [0.2, 0.25) is 0 Å². The number of hydrogen-bond acceptors (Lipinski definition) is 9. The largest absolute Gasteiger partial charge is 0.497 e. The smallest absolute Gasteiger partial charge is 0.338 e. The molecule has 0 radical (unpaired) electrons. The van der Waals surface area contributed by atoms with Gasteiger partial charge in [-0.1, -0.05) is 115 Å². The fourth-order valence-electron chi connectivity index (χ4n) is 6.17. The van der Waals surface area contributed by atoms with E-state index in [0.717, 1.165) is 39.3 Å². The highest BCUT2D eigenvalue weighted by molar-refractivity contribution is 5.77. The summed E-state index contributed by atoms with van der Waals surface area (Å²) in [6, 6.07) is 44.6. The Morgan fingerprint density at radius 1 is 0.491 bits per heavy atom. The van der Waals surface area contributed by atoms with Gasteiger partial charge in [0.05, 0.1) is 60.5 Å². The van der Waals surface area contributed by atoms with Crippen LogP contribution in [-0.4, -0.2) is 57.3 Å². The molecule has 3 atom stereocenters. The molecule has 0 bridgehead atoms. The van der Waals surface area contributed by atoms with Crippen LogP contribution in [0, 0.1) is 0 Å². The summed E-state index contributed by atoms with van der Waals surface area (Å²) in [5.41, 5.74) is 3.22. The molecule has 5 aromatic carbocycles. The van der Waals surface area contributed by atoms with Crippen molar-refractivity contribution in [2.45, 2.75) is 56.9 Å². The molecule has 1 heterocycles. The number of esters is 1. The number of hydrogen-bond donors (Lipinski definition) is 0. The zero-order valence-corrected chi connectivity index (χ0v) is 30.1. The van der Waals surface area contributed by atoms with Gasteiger partial charge in [0.25, 0.3) is 0 Å². The highest BCUT2D eigenvalue weighted by Gasteiger charge is 2.58. The molecule has 276 valence electrons. The van der Waals surface area contributed by atoms with Crippen LogP contribution >= 0.6 is 0 Å². The number of carbonyl (C=O) groups is 1. The summed E-state index contributed by atoms with van der Waals surface area (Å²) in [5.74, 6) is 0.903. The molecule has 1 saturated heterocycles. The lowest BCUT2D eigenvalue weighted by Gasteiger charge is -2.48. The second-order valence-corrected chi connectivity index (χ2v) is 12.9. The summed E-state index contributed by atoms with van der Waals surface area (Å²) >= 11 is 0. The maximum absolute atomic E-state index is 14.3. The van der Waals surface area contributed by atoms with E-state index in [0.29, 0.717) is 0 Å². The van der Waals surface area contributed by atoms with Gasteiger partial charge in [0.2, 0.25) is 0 Å². The molecule has 0 N–H and O–H groups in total. The van der Waals surface area contributed by atoms with Gasteiger partial charge in [-0.2, -0.15) is 0 Å². The fourth-order valence-corrected chi connectivity index (χ4v) is 6.17. The summed E-state index contributed by atoms with van der Waals surface area (Å²) in [4.78, 5) is 14.3. The van der Waals surface area contributed by atoms with Crippen molar-refractivity contribution in [1.82, 2.24) is 0 Å². The van der Waals surface area contributed by atoms with Crippen molar-refractivity contribution in [1.29, 1.82) is 0 Å². The summed E-state index contributed by atoms with van der Waals surface area (Å²) < 4.78 is 49.7. The van der Waals surface area contributed by atoms with Gasteiger partial charge in [-0.25, -0.2) is 4.79 Å². The first-order valence-electron chi connectivity index (χ1n) is 17.7. The molecule has 1 aliphatic heterocycles. The summed E-state index contributed by atoms with van der Waals surface area (Å²) in [7, 11) is 3.25. The fraction of sp³-hybridized carbons (Fsp3) is 0.295. The van der Waals surface area contributed by atoms with Crippen LogP contribution in [0.1, 0.15) is 27.8 Å². The van der Waals surface area contributed by atoms with Crippen LogP contribution in [0.5, 0.6) is 11.5 Å². The highest BCUT2D eigenvalue weighted by atomic mass is 16.7. The third-order valence-electron chi connectivity index (χ3n) is 9.03. The molecule has 0 spiro atoms. The lowest BCUT2D eigenvalue weighted by molar-refractivity contribution is -0.280. The maximum atomic E-state index is 14.3. The molecule has 0 amide bonds. The molecule has 5 aromatic rings. The van der Waals surface area contributed by atoms with Crippen molar-refractivity contribution >= 4 is 5.97 Å². The minimum atomic E-state index is -1.42. The van der Waals surface area contributed by atoms with Crippen LogP contribution in [0.15, 0.2) is 140 Å². The molecule has 6 rings (SSSR count). The summed E-state index contributed by atoms with van der Waals surface area (Å²) in [5, 5.41) is 0. The van der Waals surface area contributed by atoms with Crippen LogP contribution in [0.3, 0.4) is 0 Å². The van der Waals surface area contributed by atoms with E-state index in [9.17, 15) is 4.79 Å². The minimum Gasteiger partial charge on any atom is -0.497 e. The van der Waals surface area contributed by atoms with Crippen molar-refractivity contribution in [3.05, 3.63) is 167 Å². The zero-order chi connectivity index (χ0) is 36.7. The van der Waals surface area contributed by atoms with Gasteiger partial charge in [0.15, 0.2) is 11.7 Å². The third kappa shape index (κ3) is 10.5. The monoisotopic (exact) mass is 718 g/mol. The highest BCUT2D eigenvalue weighted by Crippen LogP contribution is 2.36. The molecular formula is C44H46O9. The SMILES string of the molecule is COc1ccc(COCC2(COCc3ccc(OC)cc3)OC(=O)C(OCc3ccccc3)C(OCc3ccccc3)C2OCc2ccccc2)cc1. The number of ether oxygens (including phenoxy) is 8. The summed E-state index contributed by atoms with van der Waals surface area (Å²) in [6.07, 6.45) is -2.86. The maximum Gasteiger partial charge on any atom is 0.338 e. The molecule has 0 aliphatic carbocycles. The molecule has 3 unspecified atom stereocenters. The molecular weight excluding hydrogens is 672 g/mol. The second-order valence-electron chi connectivity index (χ2n) is 12.9. The van der Waals surface area contributed by atoms with Gasteiger partial charge in [0.1, 0.15) is 23.7 Å². The van der Waals surface area contributed by atoms with E-state index in [1.165, 1.54) is 0 Å². The van der Waals surface area contributed by atoms with Gasteiger partial charge < -0.3 is 37.9 Å². The molecule has 0 aromatic heterocycles. The third-order valence-corrected chi connectivity index (χ3v) is 9.03. The predicted octanol–water partition coefficient (Wildman–Crippen LogP) is 7.49. The quantitative estimate of drug-likeness (QED) is 0.0806. The van der Waals surface area contributed by atoms with Gasteiger partial charge in [-0.3, -0.25) is 0 Å². The molecule has 0 saturated carbocycles. The summed E-state index contributed by atoms with van der Waals surface area (Å²) in [6.45, 7) is 1.02. The normalized spacial score (nSPS) is 17.9. The Hall–Kier alpha value is -5.03. The van der Waals surface area contributed by atoms with Gasteiger partial charge in [-0.05, 0) is 52.1 Å². The molecule has 9 nitrogen and oxygen atoms in total. The Morgan fingerprint density at radius 3 is 1.32 bits per heavy atom. The van der Waals surface area contributed by atoms with E-state index in [4.69, 9.17) is 37.9 Å². The lowest BCUT2D eigenvalue weighted by atomic mass is 9.87. The number of cyclic esters (lactones) is 1. The van der Waals surface area contributed by atoms with Crippen molar-refractivity contribution in [3.63, 3.8) is 0 Å². The lowest BCUT2D eigenvalue weighted by Crippen LogP contribution is -2.68. The van der Waals surface area contributed by atoms with E-state index < -0.39 is 29.9 Å². The Kier molecular flexibility index (Phi) is 13.6. The second kappa shape index (κ2) is 19.2. The predicted molar refractivity (Wildman–Crippen MR) is 199 cm³/mol. The average Bonchev–Trinajstić information content (AvgIpc) is 3.21. The first-order chi connectivity index (χ1) is 26.0. The first-order valence-corrected chi connectivity index (χ1v) is 17.7. The average molecular weight is 719 g/mol. The van der Waals surface area contributed by atoms with E-state index in [1.807, 2.05) is 140 Å². The first kappa shape index (κ1) is 37.7. The van der Waals surface area contributed by atoms with Gasteiger partial charge in [-0.15, -0.1) is 0 Å². The zero-order valence-electron chi connectivity index (χ0n) is 30.1. The Balaban J connectivity index is 1.33. The molecule has 1 aliphatic rings. The van der Waals surface area contributed by atoms with Crippen molar-refractivity contribution < 1.29 is 42.7 Å².